The highest BCUT2D eigenvalue weighted by atomic mass is 35.5. The van der Waals surface area contributed by atoms with Crippen molar-refractivity contribution < 1.29 is 9.90 Å². The second-order valence-electron chi connectivity index (χ2n) is 5.07. The summed E-state index contributed by atoms with van der Waals surface area (Å²) in [6, 6.07) is 3.32. The maximum atomic E-state index is 12.1. The molecule has 2 rings (SSSR count). The van der Waals surface area contributed by atoms with Crippen LogP contribution in [0.1, 0.15) is 36.5 Å². The third-order valence-electron chi connectivity index (χ3n) is 3.75. The minimum absolute atomic E-state index is 0.00808. The maximum absolute atomic E-state index is 12.1. The molecule has 0 bridgehead atoms. The predicted molar refractivity (Wildman–Crippen MR) is 69.5 cm³/mol. The summed E-state index contributed by atoms with van der Waals surface area (Å²) >= 11 is 5.89. The molecule has 0 radical (unpaired) electrons. The van der Waals surface area contributed by atoms with Crippen LogP contribution in [0.25, 0.3) is 0 Å². The van der Waals surface area contributed by atoms with Crippen molar-refractivity contribution in [2.24, 2.45) is 5.41 Å². The van der Waals surface area contributed by atoms with Crippen LogP contribution in [-0.4, -0.2) is 28.6 Å². The van der Waals surface area contributed by atoms with Crippen LogP contribution >= 0.6 is 11.6 Å². The molecule has 18 heavy (non-hydrogen) atoms. The van der Waals surface area contributed by atoms with E-state index in [1.165, 1.54) is 0 Å². The fourth-order valence-electron chi connectivity index (χ4n) is 2.46. The van der Waals surface area contributed by atoms with Crippen molar-refractivity contribution in [2.45, 2.75) is 32.2 Å². The van der Waals surface area contributed by atoms with Crippen LogP contribution in [0.3, 0.4) is 0 Å². The van der Waals surface area contributed by atoms with Crippen LogP contribution in [-0.2, 0) is 0 Å². The van der Waals surface area contributed by atoms with Crippen LogP contribution in [0.15, 0.2) is 18.3 Å². The van der Waals surface area contributed by atoms with E-state index in [1.807, 2.05) is 6.92 Å². The van der Waals surface area contributed by atoms with Crippen molar-refractivity contribution in [3.8, 4) is 0 Å². The molecule has 1 amide bonds. The molecular weight excluding hydrogens is 252 g/mol. The Morgan fingerprint density at radius 1 is 1.72 bits per heavy atom. The Morgan fingerprint density at radius 3 is 3.17 bits per heavy atom. The van der Waals surface area contributed by atoms with Crippen molar-refractivity contribution in [1.29, 1.82) is 0 Å². The molecule has 1 aromatic heterocycles. The molecule has 1 heterocycles. The largest absolute Gasteiger partial charge is 0.396 e. The number of rotatable bonds is 3. The number of carbonyl (C=O) groups excluding carboxylic acids is 1. The third kappa shape index (κ3) is 2.49. The van der Waals surface area contributed by atoms with E-state index < -0.39 is 0 Å². The Kier molecular flexibility index (Phi) is 3.88. The Balaban J connectivity index is 2.11. The number of carbonyl (C=O) groups is 1. The van der Waals surface area contributed by atoms with Crippen molar-refractivity contribution in [3.05, 3.63) is 29.0 Å². The second-order valence-corrected chi connectivity index (χ2v) is 5.43. The lowest BCUT2D eigenvalue weighted by Gasteiger charge is -2.30. The van der Waals surface area contributed by atoms with E-state index in [1.54, 1.807) is 18.3 Å². The van der Waals surface area contributed by atoms with E-state index in [9.17, 15) is 9.90 Å². The molecule has 1 fully saturated rings. The number of nitrogens with zero attached hydrogens (tertiary/aromatic N) is 1. The lowest BCUT2D eigenvalue weighted by Crippen LogP contribution is -2.44. The number of aliphatic hydroxyl groups excluding tert-OH is 1. The van der Waals surface area contributed by atoms with E-state index in [-0.39, 0.29) is 29.1 Å². The molecule has 0 aliphatic heterocycles. The van der Waals surface area contributed by atoms with Crippen molar-refractivity contribution in [3.63, 3.8) is 0 Å². The van der Waals surface area contributed by atoms with Gasteiger partial charge in [-0.3, -0.25) is 4.79 Å². The van der Waals surface area contributed by atoms with Gasteiger partial charge in [0, 0.05) is 17.7 Å². The highest BCUT2D eigenvalue weighted by Gasteiger charge is 2.39. The lowest BCUT2D eigenvalue weighted by molar-refractivity contribution is 0.0830. The molecule has 0 spiro atoms. The van der Waals surface area contributed by atoms with Gasteiger partial charge in [-0.1, -0.05) is 24.9 Å². The number of hydrogen-bond acceptors (Lipinski definition) is 3. The summed E-state index contributed by atoms with van der Waals surface area (Å²) in [5.74, 6) is -0.223. The number of halogens is 1. The second kappa shape index (κ2) is 5.24. The summed E-state index contributed by atoms with van der Waals surface area (Å²) in [4.78, 5) is 16.0. The minimum Gasteiger partial charge on any atom is -0.396 e. The van der Waals surface area contributed by atoms with Crippen molar-refractivity contribution in [2.75, 3.05) is 6.61 Å². The van der Waals surface area contributed by atoms with Crippen molar-refractivity contribution >= 4 is 17.5 Å². The summed E-state index contributed by atoms with van der Waals surface area (Å²) in [6.45, 7) is 2.08. The van der Waals surface area contributed by atoms with E-state index in [0.29, 0.717) is 5.56 Å². The van der Waals surface area contributed by atoms with Gasteiger partial charge >= 0.3 is 0 Å². The normalized spacial score (nSPS) is 27.2. The average Bonchev–Trinajstić information content (AvgIpc) is 2.72. The first kappa shape index (κ1) is 13.3. The highest BCUT2D eigenvalue weighted by Crippen LogP contribution is 2.37. The summed E-state index contributed by atoms with van der Waals surface area (Å²) < 4.78 is 0. The highest BCUT2D eigenvalue weighted by molar-refractivity contribution is 6.32. The number of aliphatic hydroxyl groups is 1. The van der Waals surface area contributed by atoms with Gasteiger partial charge < -0.3 is 10.4 Å². The van der Waals surface area contributed by atoms with Crippen LogP contribution < -0.4 is 5.32 Å². The van der Waals surface area contributed by atoms with E-state index in [4.69, 9.17) is 11.6 Å². The first-order valence-corrected chi connectivity index (χ1v) is 6.47. The monoisotopic (exact) mass is 268 g/mol. The number of nitrogens with one attached hydrogen (secondary N) is 1. The zero-order chi connectivity index (χ0) is 13.2. The lowest BCUT2D eigenvalue weighted by atomic mass is 9.85. The molecule has 98 valence electrons. The average molecular weight is 269 g/mol. The van der Waals surface area contributed by atoms with Crippen molar-refractivity contribution in [1.82, 2.24) is 10.3 Å². The van der Waals surface area contributed by atoms with Gasteiger partial charge in [0.15, 0.2) is 0 Å². The van der Waals surface area contributed by atoms with Gasteiger partial charge in [-0.2, -0.15) is 0 Å². The van der Waals surface area contributed by atoms with Crippen LogP contribution in [0.5, 0.6) is 0 Å². The summed E-state index contributed by atoms with van der Waals surface area (Å²) in [7, 11) is 0. The topological polar surface area (TPSA) is 62.2 Å². The number of pyridine rings is 1. The standard InChI is InChI=1S/C13H17ClN2O2/c1-13(8-17)6-2-5-10(13)16-12(18)9-4-3-7-15-11(9)14/h3-4,7,10,17H,2,5-6,8H2,1H3,(H,16,18). The Hall–Kier alpha value is -1.13. The molecule has 0 saturated heterocycles. The summed E-state index contributed by atoms with van der Waals surface area (Å²) in [5.41, 5.74) is 0.149. The zero-order valence-electron chi connectivity index (χ0n) is 10.3. The molecule has 1 aromatic rings. The van der Waals surface area contributed by atoms with Crippen LogP contribution in [0.4, 0.5) is 0 Å². The van der Waals surface area contributed by atoms with Gasteiger partial charge in [0.25, 0.3) is 5.91 Å². The molecule has 2 N–H and O–H groups in total. The van der Waals surface area contributed by atoms with Crippen LogP contribution in [0, 0.1) is 5.41 Å². The van der Waals surface area contributed by atoms with Gasteiger partial charge in [0.1, 0.15) is 5.15 Å². The number of amides is 1. The molecular formula is C13H17ClN2O2. The molecule has 0 aromatic carbocycles. The quantitative estimate of drug-likeness (QED) is 0.825. The first-order chi connectivity index (χ1) is 8.57. The molecule has 4 nitrogen and oxygen atoms in total. The van der Waals surface area contributed by atoms with E-state index in [0.717, 1.165) is 19.3 Å². The SMILES string of the molecule is CC1(CO)CCCC1NC(=O)c1cccnc1Cl. The smallest absolute Gasteiger partial charge is 0.254 e. The van der Waals surface area contributed by atoms with Gasteiger partial charge in [-0.05, 0) is 25.0 Å². The molecule has 5 heteroatoms. The number of aromatic nitrogens is 1. The van der Waals surface area contributed by atoms with Crippen LogP contribution in [0.2, 0.25) is 5.15 Å². The summed E-state index contributed by atoms with van der Waals surface area (Å²) in [5, 5.41) is 12.6. The maximum Gasteiger partial charge on any atom is 0.254 e. The Bertz CT molecular complexity index is 452. The zero-order valence-corrected chi connectivity index (χ0v) is 11.1. The van der Waals surface area contributed by atoms with Gasteiger partial charge in [0.2, 0.25) is 0 Å². The molecule has 1 saturated carbocycles. The first-order valence-electron chi connectivity index (χ1n) is 6.09. The molecule has 1 aliphatic carbocycles. The van der Waals surface area contributed by atoms with E-state index >= 15 is 0 Å². The van der Waals surface area contributed by atoms with Gasteiger partial charge in [0.05, 0.1) is 12.2 Å². The molecule has 1 aliphatic rings. The van der Waals surface area contributed by atoms with Gasteiger partial charge in [-0.25, -0.2) is 4.98 Å². The summed E-state index contributed by atoms with van der Waals surface area (Å²) in [6.07, 6.45) is 4.38. The fourth-order valence-corrected chi connectivity index (χ4v) is 2.66. The Labute approximate surface area is 111 Å². The molecule has 2 unspecified atom stereocenters. The molecule has 2 atom stereocenters. The van der Waals surface area contributed by atoms with E-state index in [2.05, 4.69) is 10.3 Å². The Morgan fingerprint density at radius 2 is 2.50 bits per heavy atom. The predicted octanol–water partition coefficient (Wildman–Crippen LogP) is 2.02. The van der Waals surface area contributed by atoms with Gasteiger partial charge in [-0.15, -0.1) is 0 Å². The number of hydrogen-bond donors (Lipinski definition) is 2. The minimum atomic E-state index is -0.232. The fraction of sp³-hybridized carbons (Fsp3) is 0.538. The third-order valence-corrected chi connectivity index (χ3v) is 4.05.